The minimum absolute atomic E-state index is 0.0308. The third-order valence-corrected chi connectivity index (χ3v) is 12.7. The van der Waals surface area contributed by atoms with Gasteiger partial charge in [-0.1, -0.05) is 45.8 Å². The minimum atomic E-state index is -0.349. The number of fused-ring (bicyclic) bond motifs is 5. The predicted octanol–water partition coefficient (Wildman–Crippen LogP) is 5.35. The monoisotopic (exact) mass is 472 g/mol. The van der Waals surface area contributed by atoms with Gasteiger partial charge < -0.3 is 21.1 Å². The Balaban J connectivity index is 1.42. The van der Waals surface area contributed by atoms with Crippen molar-refractivity contribution in [2.24, 2.45) is 45.8 Å². The average molecular weight is 473 g/mol. The zero-order chi connectivity index (χ0) is 24.6. The summed E-state index contributed by atoms with van der Waals surface area (Å²) in [5.41, 5.74) is 4.35. The molecule has 5 rings (SSSR count). The molecule has 4 fully saturated rings. The van der Waals surface area contributed by atoms with Crippen LogP contribution in [0.1, 0.15) is 106 Å². The molecule has 4 aliphatic carbocycles. The van der Waals surface area contributed by atoms with E-state index in [0.717, 1.165) is 43.2 Å². The topological polar surface area (TPSA) is 68.7 Å². The van der Waals surface area contributed by atoms with Crippen molar-refractivity contribution in [3.63, 3.8) is 0 Å². The molecule has 0 spiro atoms. The maximum absolute atomic E-state index is 11.0. The number of hydrogen-bond donors (Lipinski definition) is 3. The first-order valence-corrected chi connectivity index (χ1v) is 14.5. The van der Waals surface area contributed by atoms with E-state index in [1.165, 1.54) is 38.5 Å². The first kappa shape index (κ1) is 25.2. The second kappa shape index (κ2) is 8.57. The highest BCUT2D eigenvalue weighted by atomic mass is 16.3. The highest BCUT2D eigenvalue weighted by molar-refractivity contribution is 5.30. The van der Waals surface area contributed by atoms with Crippen molar-refractivity contribution >= 4 is 0 Å². The van der Waals surface area contributed by atoms with Gasteiger partial charge in [0.05, 0.1) is 12.6 Å². The van der Waals surface area contributed by atoms with Crippen LogP contribution in [0.3, 0.4) is 0 Å². The van der Waals surface area contributed by atoms with Gasteiger partial charge in [-0.05, 0) is 105 Å². The summed E-state index contributed by atoms with van der Waals surface area (Å²) in [5, 5.41) is 22.2. The Morgan fingerprint density at radius 3 is 2.41 bits per heavy atom. The Hall–Kier alpha value is -0.420. The third-order valence-electron chi connectivity index (χ3n) is 12.7. The lowest BCUT2D eigenvalue weighted by atomic mass is 9.47. The van der Waals surface area contributed by atoms with Gasteiger partial charge >= 0.3 is 0 Å². The van der Waals surface area contributed by atoms with E-state index in [-0.39, 0.29) is 23.7 Å². The summed E-state index contributed by atoms with van der Waals surface area (Å²) in [5.74, 6) is 11.7. The van der Waals surface area contributed by atoms with Gasteiger partial charge in [0.15, 0.2) is 0 Å². The first-order valence-electron chi connectivity index (χ1n) is 14.5. The molecule has 5 aliphatic rings. The molecular formula is C30H52N2O2. The van der Waals surface area contributed by atoms with Crippen molar-refractivity contribution in [2.45, 2.75) is 124 Å². The second-order valence-electron chi connectivity index (χ2n) is 14.6. The molecule has 34 heavy (non-hydrogen) atoms. The van der Waals surface area contributed by atoms with Crippen molar-refractivity contribution in [1.82, 2.24) is 0 Å². The second-order valence-corrected chi connectivity index (χ2v) is 14.6. The van der Waals surface area contributed by atoms with Crippen LogP contribution in [-0.4, -0.2) is 35.0 Å². The third kappa shape index (κ3) is 3.76. The molecule has 0 amide bonds. The van der Waals surface area contributed by atoms with Crippen LogP contribution in [0.25, 0.3) is 5.84 Å². The van der Waals surface area contributed by atoms with Gasteiger partial charge in [0.25, 0.3) is 0 Å². The number of aliphatic hydroxyl groups is 2. The molecule has 1 heterocycles. The molecule has 6 unspecified atom stereocenters. The van der Waals surface area contributed by atoms with E-state index in [4.69, 9.17) is 5.84 Å². The fourth-order valence-electron chi connectivity index (χ4n) is 10.5. The van der Waals surface area contributed by atoms with E-state index in [9.17, 15) is 10.2 Å². The van der Waals surface area contributed by atoms with Crippen molar-refractivity contribution in [1.29, 1.82) is 0 Å². The number of allylic oxidation sites excluding steroid dienone is 2. The molecule has 1 aliphatic heterocycles. The van der Waals surface area contributed by atoms with Gasteiger partial charge in [-0.2, -0.15) is 0 Å². The molecular weight excluding hydrogens is 420 g/mol. The molecule has 1 saturated heterocycles. The Labute approximate surface area is 208 Å². The SMILES string of the molecule is CC1=C2C[C@@H]3C4(C)CC[C@H](O)CC4CC[C@@]3(C)C2CC[C@@](C)([C@H](C)C2C(O)C[C@H](C)C[NH+]2[NH-])C1. The predicted molar refractivity (Wildman–Crippen MR) is 138 cm³/mol. The maximum Gasteiger partial charge on any atom is 0.108 e. The largest absolute Gasteiger partial charge is 0.469 e. The lowest BCUT2D eigenvalue weighted by Crippen LogP contribution is -3.14. The normalized spacial score (nSPS) is 54.6. The molecule has 12 atom stereocenters. The standard InChI is InChI=1S/C30H52N2O2/c1-18-13-25(34)27(32(31)17-18)20(3)28(4)10-9-24-23(19(2)16-28)15-26-29(5)12-8-22(33)14-21(29)7-11-30(24,26)6/h18,20-22,24-27,31-34H,7-17H2,1-6H3/t18-,20+,21?,22-,24?,25?,26+,27?,28+,29?,30-/m0/s1. The number of aliphatic hydroxyl groups excluding tert-OH is 2. The van der Waals surface area contributed by atoms with Crippen molar-refractivity contribution < 1.29 is 15.2 Å². The van der Waals surface area contributed by atoms with Crippen LogP contribution >= 0.6 is 0 Å². The smallest absolute Gasteiger partial charge is 0.108 e. The Bertz CT molecular complexity index is 815. The van der Waals surface area contributed by atoms with E-state index in [1.54, 1.807) is 11.1 Å². The Kier molecular flexibility index (Phi) is 6.36. The summed E-state index contributed by atoms with van der Waals surface area (Å²) < 4.78 is 0. The highest BCUT2D eigenvalue weighted by Gasteiger charge is 2.62. The zero-order valence-corrected chi connectivity index (χ0v) is 22.8. The van der Waals surface area contributed by atoms with Crippen molar-refractivity contribution in [3.8, 4) is 0 Å². The van der Waals surface area contributed by atoms with Crippen LogP contribution in [0.4, 0.5) is 0 Å². The maximum atomic E-state index is 11.0. The van der Waals surface area contributed by atoms with Gasteiger partial charge in [-0.15, -0.1) is 0 Å². The molecule has 194 valence electrons. The summed E-state index contributed by atoms with van der Waals surface area (Å²) >= 11 is 0. The average Bonchev–Trinajstić information content (AvgIpc) is 2.98. The van der Waals surface area contributed by atoms with E-state index in [1.807, 2.05) is 0 Å². The zero-order valence-electron chi connectivity index (χ0n) is 22.8. The van der Waals surface area contributed by atoms with Gasteiger partial charge in [-0.25, -0.2) is 0 Å². The molecule has 0 aromatic carbocycles. The summed E-state index contributed by atoms with van der Waals surface area (Å²) in [6.45, 7) is 15.5. The van der Waals surface area contributed by atoms with Gasteiger partial charge in [0, 0.05) is 11.8 Å². The van der Waals surface area contributed by atoms with Gasteiger partial charge in [-0.3, -0.25) is 0 Å². The van der Waals surface area contributed by atoms with E-state index < -0.39 is 0 Å². The molecule has 0 bridgehead atoms. The van der Waals surface area contributed by atoms with Crippen LogP contribution < -0.4 is 5.01 Å². The fourth-order valence-corrected chi connectivity index (χ4v) is 10.5. The molecule has 4 nitrogen and oxygen atoms in total. The van der Waals surface area contributed by atoms with Crippen molar-refractivity contribution in [2.75, 3.05) is 6.54 Å². The van der Waals surface area contributed by atoms with Crippen LogP contribution in [0.2, 0.25) is 0 Å². The quantitative estimate of drug-likeness (QED) is 0.474. The van der Waals surface area contributed by atoms with E-state index in [0.29, 0.717) is 34.5 Å². The molecule has 0 radical (unpaired) electrons. The van der Waals surface area contributed by atoms with Crippen LogP contribution in [0, 0.1) is 45.8 Å². The summed E-state index contributed by atoms with van der Waals surface area (Å²) in [6, 6.07) is 0.0308. The first-order chi connectivity index (χ1) is 15.9. The minimum Gasteiger partial charge on any atom is -0.469 e. The molecule has 0 aromatic heterocycles. The lowest BCUT2D eigenvalue weighted by molar-refractivity contribution is -0.895. The molecule has 0 aromatic rings. The number of piperidine rings is 1. The molecule has 4 N–H and O–H groups in total. The Morgan fingerprint density at radius 1 is 1.00 bits per heavy atom. The van der Waals surface area contributed by atoms with Gasteiger partial charge in [0.2, 0.25) is 0 Å². The Morgan fingerprint density at radius 2 is 1.71 bits per heavy atom. The number of nitrogens with one attached hydrogen (secondary N) is 2. The number of rotatable bonds is 2. The highest BCUT2D eigenvalue weighted by Crippen LogP contribution is 2.70. The fraction of sp³-hybridized carbons (Fsp3) is 0.933. The lowest BCUT2D eigenvalue weighted by Gasteiger charge is -2.58. The van der Waals surface area contributed by atoms with Crippen molar-refractivity contribution in [3.05, 3.63) is 17.0 Å². The summed E-state index contributed by atoms with van der Waals surface area (Å²) in [4.78, 5) is 0. The molecule has 3 saturated carbocycles. The van der Waals surface area contributed by atoms with E-state index >= 15 is 0 Å². The van der Waals surface area contributed by atoms with Crippen LogP contribution in [-0.2, 0) is 0 Å². The van der Waals surface area contributed by atoms with Crippen LogP contribution in [0.5, 0.6) is 0 Å². The number of quaternary nitrogens is 1. The van der Waals surface area contributed by atoms with Crippen LogP contribution in [0.15, 0.2) is 11.1 Å². The van der Waals surface area contributed by atoms with E-state index in [2.05, 4.69) is 41.5 Å². The number of hydrogen-bond acceptors (Lipinski definition) is 2. The molecule has 4 heteroatoms. The van der Waals surface area contributed by atoms with Gasteiger partial charge in [0.1, 0.15) is 12.1 Å². The summed E-state index contributed by atoms with van der Waals surface area (Å²) in [6.07, 6.45) is 11.2. The summed E-state index contributed by atoms with van der Waals surface area (Å²) in [7, 11) is 0.